The van der Waals surface area contributed by atoms with Crippen molar-refractivity contribution in [3.63, 3.8) is 0 Å². The van der Waals surface area contributed by atoms with Gasteiger partial charge in [-0.15, -0.1) is 0 Å². The molecule has 1 fully saturated rings. The molecule has 4 atom stereocenters. The van der Waals surface area contributed by atoms with E-state index in [1.807, 2.05) is 19.9 Å². The lowest BCUT2D eigenvalue weighted by atomic mass is 9.71. The third-order valence-electron chi connectivity index (χ3n) is 6.37. The number of carboxylic acids is 1. The van der Waals surface area contributed by atoms with Gasteiger partial charge in [0.25, 0.3) is 0 Å². The molecule has 166 valence electrons. The first-order chi connectivity index (χ1) is 14.8. The van der Waals surface area contributed by atoms with Crippen LogP contribution in [0.1, 0.15) is 50.8 Å². The standard InChI is InChI=1S/C25H29FO5/c1-4-5-15-6-11-21-18(12-15)23-20(25(2,3)31-21)13-19(24(27)28)22(30-23)14-29-17-9-7-16(26)8-10-17/h6-12,19-20,22-23H,4-5,13-14H2,1-3H3,(H,27,28)/t19-,20-,22-,23+/m0/s1. The highest BCUT2D eigenvalue weighted by molar-refractivity contribution is 5.71. The number of rotatable bonds is 6. The van der Waals surface area contributed by atoms with E-state index >= 15 is 0 Å². The van der Waals surface area contributed by atoms with Crippen molar-refractivity contribution < 1.29 is 28.5 Å². The number of aliphatic carboxylic acids is 1. The first-order valence-corrected chi connectivity index (χ1v) is 10.9. The van der Waals surface area contributed by atoms with Crippen LogP contribution in [0, 0.1) is 17.7 Å². The quantitative estimate of drug-likeness (QED) is 0.687. The zero-order chi connectivity index (χ0) is 22.2. The molecule has 2 aliphatic rings. The molecule has 0 amide bonds. The zero-order valence-electron chi connectivity index (χ0n) is 18.1. The Kier molecular flexibility index (Phi) is 5.93. The van der Waals surface area contributed by atoms with Crippen molar-refractivity contribution in [1.29, 1.82) is 0 Å². The van der Waals surface area contributed by atoms with Gasteiger partial charge in [-0.25, -0.2) is 4.39 Å². The van der Waals surface area contributed by atoms with Gasteiger partial charge in [0.05, 0.1) is 12.0 Å². The number of carbonyl (C=O) groups is 1. The molecule has 5 nitrogen and oxygen atoms in total. The summed E-state index contributed by atoms with van der Waals surface area (Å²) >= 11 is 0. The molecular formula is C25H29FO5. The molecule has 4 rings (SSSR count). The predicted octanol–water partition coefficient (Wildman–Crippen LogP) is 5.18. The Labute approximate surface area is 182 Å². The van der Waals surface area contributed by atoms with Crippen molar-refractivity contribution in [2.24, 2.45) is 11.8 Å². The molecule has 2 aliphatic heterocycles. The minimum absolute atomic E-state index is 0.0804. The lowest BCUT2D eigenvalue weighted by Crippen LogP contribution is -2.53. The summed E-state index contributed by atoms with van der Waals surface area (Å²) in [6.45, 7) is 6.20. The van der Waals surface area contributed by atoms with Crippen LogP contribution in [0.15, 0.2) is 42.5 Å². The first-order valence-electron chi connectivity index (χ1n) is 10.9. The molecule has 0 bridgehead atoms. The lowest BCUT2D eigenvalue weighted by Gasteiger charge is -2.50. The molecule has 2 aromatic carbocycles. The summed E-state index contributed by atoms with van der Waals surface area (Å²) in [5.41, 5.74) is 1.64. The SMILES string of the molecule is CCCc1ccc2c(c1)[C@H]1O[C@@H](COc3ccc(F)cc3)[C@@H](C(=O)O)C[C@@H]1C(C)(C)O2. The van der Waals surface area contributed by atoms with E-state index in [0.29, 0.717) is 12.2 Å². The average Bonchev–Trinajstić information content (AvgIpc) is 2.73. The highest BCUT2D eigenvalue weighted by Gasteiger charge is 2.52. The summed E-state index contributed by atoms with van der Waals surface area (Å²) in [6, 6.07) is 11.9. The number of aryl methyl sites for hydroxylation is 1. The van der Waals surface area contributed by atoms with Gasteiger partial charge in [-0.1, -0.05) is 19.4 Å². The van der Waals surface area contributed by atoms with Crippen molar-refractivity contribution in [3.8, 4) is 11.5 Å². The van der Waals surface area contributed by atoms with E-state index in [1.165, 1.54) is 29.8 Å². The first kappa shape index (κ1) is 21.6. The maximum Gasteiger partial charge on any atom is 0.309 e. The van der Waals surface area contributed by atoms with Crippen molar-refractivity contribution in [2.75, 3.05) is 6.61 Å². The largest absolute Gasteiger partial charge is 0.491 e. The molecule has 2 heterocycles. The maximum absolute atomic E-state index is 13.2. The average molecular weight is 429 g/mol. The number of carboxylic acid groups (broad SMARTS) is 1. The molecule has 0 spiro atoms. The molecule has 0 aromatic heterocycles. The van der Waals surface area contributed by atoms with Crippen LogP contribution >= 0.6 is 0 Å². The van der Waals surface area contributed by atoms with Gasteiger partial charge >= 0.3 is 5.97 Å². The van der Waals surface area contributed by atoms with Crippen molar-refractivity contribution in [1.82, 2.24) is 0 Å². The fourth-order valence-electron chi connectivity index (χ4n) is 4.71. The van der Waals surface area contributed by atoms with Gasteiger partial charge in [0.15, 0.2) is 0 Å². The minimum Gasteiger partial charge on any atom is -0.491 e. The summed E-state index contributed by atoms with van der Waals surface area (Å²) in [5, 5.41) is 9.89. The second-order valence-corrected chi connectivity index (χ2v) is 8.97. The number of hydrogen-bond donors (Lipinski definition) is 1. The van der Waals surface area contributed by atoms with Crippen LogP contribution in [-0.2, 0) is 16.0 Å². The molecule has 31 heavy (non-hydrogen) atoms. The molecule has 0 unspecified atom stereocenters. The molecule has 2 aromatic rings. The third-order valence-corrected chi connectivity index (χ3v) is 6.37. The van der Waals surface area contributed by atoms with Crippen LogP contribution in [0.3, 0.4) is 0 Å². The van der Waals surface area contributed by atoms with Crippen LogP contribution in [0.2, 0.25) is 0 Å². The summed E-state index contributed by atoms with van der Waals surface area (Å²) in [7, 11) is 0. The third kappa shape index (κ3) is 4.40. The molecule has 0 aliphatic carbocycles. The van der Waals surface area contributed by atoms with E-state index in [1.54, 1.807) is 0 Å². The maximum atomic E-state index is 13.2. The topological polar surface area (TPSA) is 65.0 Å². The Hall–Kier alpha value is -2.60. The van der Waals surface area contributed by atoms with Crippen LogP contribution in [0.25, 0.3) is 0 Å². The number of halogens is 1. The Morgan fingerprint density at radius 2 is 1.97 bits per heavy atom. The summed E-state index contributed by atoms with van der Waals surface area (Å²) in [6.07, 6.45) is 1.54. The number of fused-ring (bicyclic) bond motifs is 3. The molecule has 1 N–H and O–H groups in total. The summed E-state index contributed by atoms with van der Waals surface area (Å²) < 4.78 is 31.7. The minimum atomic E-state index is -0.910. The monoisotopic (exact) mass is 428 g/mol. The lowest BCUT2D eigenvalue weighted by molar-refractivity contribution is -0.192. The Morgan fingerprint density at radius 1 is 1.23 bits per heavy atom. The van der Waals surface area contributed by atoms with E-state index in [2.05, 4.69) is 19.1 Å². The van der Waals surface area contributed by atoms with Crippen molar-refractivity contribution >= 4 is 5.97 Å². The second-order valence-electron chi connectivity index (χ2n) is 8.97. The van der Waals surface area contributed by atoms with E-state index in [0.717, 1.165) is 24.2 Å². The zero-order valence-corrected chi connectivity index (χ0v) is 18.1. The smallest absolute Gasteiger partial charge is 0.309 e. The van der Waals surface area contributed by atoms with Gasteiger partial charge in [0.2, 0.25) is 0 Å². The summed E-state index contributed by atoms with van der Waals surface area (Å²) in [5.74, 6) is -0.804. The fourth-order valence-corrected chi connectivity index (χ4v) is 4.71. The predicted molar refractivity (Wildman–Crippen MR) is 114 cm³/mol. The van der Waals surface area contributed by atoms with Crippen molar-refractivity contribution in [2.45, 2.75) is 57.8 Å². The molecular weight excluding hydrogens is 399 g/mol. The number of benzene rings is 2. The Morgan fingerprint density at radius 3 is 2.65 bits per heavy atom. The van der Waals surface area contributed by atoms with Crippen LogP contribution in [-0.4, -0.2) is 29.4 Å². The normalized spacial score (nSPS) is 26.3. The van der Waals surface area contributed by atoms with Crippen molar-refractivity contribution in [3.05, 3.63) is 59.4 Å². The van der Waals surface area contributed by atoms with Gasteiger partial charge in [0, 0.05) is 11.5 Å². The van der Waals surface area contributed by atoms with E-state index in [9.17, 15) is 14.3 Å². The van der Waals surface area contributed by atoms with Crippen LogP contribution < -0.4 is 9.47 Å². The Bertz CT molecular complexity index is 939. The van der Waals surface area contributed by atoms with Gasteiger partial charge < -0.3 is 19.3 Å². The number of hydrogen-bond acceptors (Lipinski definition) is 4. The molecule has 1 saturated heterocycles. The highest BCUT2D eigenvalue weighted by Crippen LogP contribution is 2.52. The van der Waals surface area contributed by atoms with Gasteiger partial charge in [0.1, 0.15) is 35.6 Å². The van der Waals surface area contributed by atoms with E-state index in [4.69, 9.17) is 14.2 Å². The van der Waals surface area contributed by atoms with Gasteiger partial charge in [-0.3, -0.25) is 4.79 Å². The van der Waals surface area contributed by atoms with Crippen LogP contribution in [0.4, 0.5) is 4.39 Å². The van der Waals surface area contributed by atoms with Gasteiger partial charge in [-0.05, 0) is 68.7 Å². The molecule has 0 saturated carbocycles. The van der Waals surface area contributed by atoms with E-state index in [-0.39, 0.29) is 24.4 Å². The second kappa shape index (κ2) is 8.50. The molecule has 0 radical (unpaired) electrons. The van der Waals surface area contributed by atoms with Crippen LogP contribution in [0.5, 0.6) is 11.5 Å². The summed E-state index contributed by atoms with van der Waals surface area (Å²) in [4.78, 5) is 12.1. The van der Waals surface area contributed by atoms with Gasteiger partial charge in [-0.2, -0.15) is 0 Å². The molecule has 6 heteroatoms. The Balaban J connectivity index is 1.62. The fraction of sp³-hybridized carbons (Fsp3) is 0.480. The van der Waals surface area contributed by atoms with E-state index < -0.39 is 23.6 Å². The highest BCUT2D eigenvalue weighted by atomic mass is 19.1. The number of ether oxygens (including phenoxy) is 3.